The first-order valence-corrected chi connectivity index (χ1v) is 12.4. The van der Waals surface area contributed by atoms with Gasteiger partial charge in [-0.05, 0) is 74.5 Å². The Kier molecular flexibility index (Phi) is 6.31. The van der Waals surface area contributed by atoms with Crippen LogP contribution in [0.3, 0.4) is 0 Å². The van der Waals surface area contributed by atoms with Gasteiger partial charge in [0.1, 0.15) is 18.0 Å². The van der Waals surface area contributed by atoms with Crippen molar-refractivity contribution in [3.8, 4) is 0 Å². The molecular formula is C25H39NO6. The van der Waals surface area contributed by atoms with Crippen molar-refractivity contribution in [2.45, 2.75) is 89.8 Å². The second-order valence-electron chi connectivity index (χ2n) is 11.5. The Hall–Kier alpha value is -1.31. The zero-order valence-electron chi connectivity index (χ0n) is 19.4. The van der Waals surface area contributed by atoms with Crippen LogP contribution in [0.4, 0.5) is 0 Å². The van der Waals surface area contributed by atoms with E-state index < -0.39 is 23.4 Å². The van der Waals surface area contributed by atoms with Crippen LogP contribution in [-0.4, -0.2) is 57.6 Å². The first kappa shape index (κ1) is 23.8. The lowest BCUT2D eigenvalue weighted by Gasteiger charge is -2.60. The van der Waals surface area contributed by atoms with Crippen molar-refractivity contribution in [1.82, 2.24) is 5.32 Å². The fourth-order valence-electron chi connectivity index (χ4n) is 8.21. The molecule has 1 aliphatic heterocycles. The number of amides is 1. The van der Waals surface area contributed by atoms with Crippen LogP contribution in [0.5, 0.6) is 0 Å². The zero-order valence-corrected chi connectivity index (χ0v) is 19.4. The fraction of sp³-hybridized carbons (Fsp3) is 0.880. The Labute approximate surface area is 190 Å². The molecule has 1 saturated heterocycles. The second kappa shape index (κ2) is 8.48. The van der Waals surface area contributed by atoms with Gasteiger partial charge in [-0.1, -0.05) is 13.8 Å². The number of carbonyl (C=O) groups excluding carboxylic acids is 3. The largest absolute Gasteiger partial charge is 0.393 e. The summed E-state index contributed by atoms with van der Waals surface area (Å²) in [5.41, 5.74) is -2.40. The summed E-state index contributed by atoms with van der Waals surface area (Å²) < 4.78 is 0. The van der Waals surface area contributed by atoms with Crippen molar-refractivity contribution in [3.63, 3.8) is 0 Å². The highest BCUT2D eigenvalue weighted by molar-refractivity contribution is 5.92. The molecule has 0 bridgehead atoms. The van der Waals surface area contributed by atoms with Crippen LogP contribution in [0.2, 0.25) is 0 Å². The molecule has 1 heterocycles. The SMILES string of the molecule is C[C@]12CC[C@@H](O)C[C@H]1CC[C@@H]1[C@@H]2C(=O)C[C@@]2(C)[C@H]1CC[C@]2(O)C(=O)CO.O=C1CCCN1. The Morgan fingerprint density at radius 3 is 2.47 bits per heavy atom. The van der Waals surface area contributed by atoms with Gasteiger partial charge in [0.2, 0.25) is 5.91 Å². The lowest BCUT2D eigenvalue weighted by molar-refractivity contribution is -0.180. The molecule has 7 nitrogen and oxygen atoms in total. The van der Waals surface area contributed by atoms with Crippen molar-refractivity contribution in [2.24, 2.45) is 34.5 Å². The van der Waals surface area contributed by atoms with Gasteiger partial charge in [0.25, 0.3) is 0 Å². The molecule has 5 fully saturated rings. The van der Waals surface area contributed by atoms with Crippen molar-refractivity contribution in [3.05, 3.63) is 0 Å². The molecule has 5 aliphatic rings. The fourth-order valence-corrected chi connectivity index (χ4v) is 8.21. The molecule has 1 amide bonds. The number of nitrogens with one attached hydrogen (secondary N) is 1. The molecule has 5 rings (SSSR count). The minimum atomic E-state index is -1.58. The van der Waals surface area contributed by atoms with Gasteiger partial charge in [0, 0.05) is 30.7 Å². The van der Waals surface area contributed by atoms with Crippen LogP contribution in [0.25, 0.3) is 0 Å². The second-order valence-corrected chi connectivity index (χ2v) is 11.5. The van der Waals surface area contributed by atoms with E-state index in [1.165, 1.54) is 0 Å². The monoisotopic (exact) mass is 449 g/mol. The number of fused-ring (bicyclic) bond motifs is 5. The Morgan fingerprint density at radius 1 is 1.12 bits per heavy atom. The lowest BCUT2D eigenvalue weighted by Crippen LogP contribution is -2.62. The molecule has 4 saturated carbocycles. The number of Topliss-reactive ketones (excluding diaryl/α,β-unsaturated/α-hetero) is 2. The number of ketones is 2. The average molecular weight is 450 g/mol. The van der Waals surface area contributed by atoms with E-state index in [0.29, 0.717) is 12.3 Å². The molecule has 32 heavy (non-hydrogen) atoms. The lowest BCUT2D eigenvalue weighted by atomic mass is 9.44. The van der Waals surface area contributed by atoms with Crippen molar-refractivity contribution in [1.29, 1.82) is 0 Å². The Balaban J connectivity index is 0.000000354. The van der Waals surface area contributed by atoms with E-state index in [4.69, 9.17) is 0 Å². The quantitative estimate of drug-likeness (QED) is 0.509. The summed E-state index contributed by atoms with van der Waals surface area (Å²) in [7, 11) is 0. The number of rotatable bonds is 2. The van der Waals surface area contributed by atoms with Gasteiger partial charge in [-0.15, -0.1) is 0 Å². The van der Waals surface area contributed by atoms with Gasteiger partial charge in [-0.2, -0.15) is 0 Å². The van der Waals surface area contributed by atoms with Gasteiger partial charge < -0.3 is 20.6 Å². The molecule has 8 atom stereocenters. The highest BCUT2D eigenvalue weighted by Crippen LogP contribution is 2.67. The van der Waals surface area contributed by atoms with Crippen LogP contribution in [0.15, 0.2) is 0 Å². The highest BCUT2D eigenvalue weighted by Gasteiger charge is 2.68. The summed E-state index contributed by atoms with van der Waals surface area (Å²) >= 11 is 0. The standard InChI is InChI=1S/C21H32O5.C4H7NO/c1-19-7-5-13(23)9-12(19)3-4-14-15-6-8-21(26,17(25)11-22)20(15,2)10-16(24)18(14)19;6-4-2-1-3-5-4/h12-15,18,22-23,26H,3-11H2,1-2H3;1-3H2,(H,5,6)/t12-,13-,14+,15+,18-,19+,20+,21+;/m1./s1. The number of aliphatic hydroxyl groups excluding tert-OH is 2. The van der Waals surface area contributed by atoms with Crippen molar-refractivity contribution in [2.75, 3.05) is 13.2 Å². The third-order valence-electron chi connectivity index (χ3n) is 9.99. The van der Waals surface area contributed by atoms with E-state index in [2.05, 4.69) is 12.2 Å². The summed E-state index contributed by atoms with van der Waals surface area (Å²) in [4.78, 5) is 35.9. The van der Waals surface area contributed by atoms with E-state index in [0.717, 1.165) is 57.9 Å². The molecule has 7 heteroatoms. The number of aliphatic hydroxyl groups is 3. The van der Waals surface area contributed by atoms with Crippen LogP contribution >= 0.6 is 0 Å². The molecule has 0 unspecified atom stereocenters. The molecule has 0 aromatic carbocycles. The van der Waals surface area contributed by atoms with Gasteiger partial charge in [-0.25, -0.2) is 0 Å². The molecule has 4 aliphatic carbocycles. The summed E-state index contributed by atoms with van der Waals surface area (Å²) in [6, 6.07) is 0. The van der Waals surface area contributed by atoms with Gasteiger partial charge >= 0.3 is 0 Å². The van der Waals surface area contributed by atoms with Crippen molar-refractivity contribution >= 4 is 17.5 Å². The van der Waals surface area contributed by atoms with E-state index in [-0.39, 0.29) is 47.4 Å². The maximum absolute atomic E-state index is 13.4. The van der Waals surface area contributed by atoms with Crippen molar-refractivity contribution < 1.29 is 29.7 Å². The number of hydrogen-bond acceptors (Lipinski definition) is 6. The smallest absolute Gasteiger partial charge is 0.220 e. The predicted octanol–water partition coefficient (Wildman–Crippen LogP) is 1.76. The van der Waals surface area contributed by atoms with Gasteiger partial charge in [0.15, 0.2) is 5.78 Å². The Morgan fingerprint density at radius 2 is 1.88 bits per heavy atom. The van der Waals surface area contributed by atoms with Crippen LogP contribution in [-0.2, 0) is 14.4 Å². The first-order valence-electron chi connectivity index (χ1n) is 12.4. The molecular weight excluding hydrogens is 410 g/mol. The van der Waals surface area contributed by atoms with E-state index in [9.17, 15) is 29.7 Å². The molecule has 0 radical (unpaired) electrons. The van der Waals surface area contributed by atoms with Crippen LogP contribution < -0.4 is 5.32 Å². The maximum atomic E-state index is 13.4. The summed E-state index contributed by atoms with van der Waals surface area (Å²) in [5.74, 6) is 0.583. The summed E-state index contributed by atoms with van der Waals surface area (Å²) in [5, 5.41) is 33.3. The third kappa shape index (κ3) is 3.55. The minimum absolute atomic E-state index is 0.0154. The number of carbonyl (C=O) groups is 3. The molecule has 0 aromatic rings. The topological polar surface area (TPSA) is 124 Å². The molecule has 180 valence electrons. The minimum Gasteiger partial charge on any atom is -0.393 e. The summed E-state index contributed by atoms with van der Waals surface area (Å²) in [6.45, 7) is 4.35. The first-order chi connectivity index (χ1) is 15.1. The van der Waals surface area contributed by atoms with Gasteiger partial charge in [0.05, 0.1) is 6.10 Å². The molecule has 4 N–H and O–H groups in total. The van der Waals surface area contributed by atoms with E-state index in [1.807, 2.05) is 6.92 Å². The van der Waals surface area contributed by atoms with E-state index in [1.54, 1.807) is 0 Å². The van der Waals surface area contributed by atoms with Crippen LogP contribution in [0, 0.1) is 34.5 Å². The van der Waals surface area contributed by atoms with Gasteiger partial charge in [-0.3, -0.25) is 14.4 Å². The molecule has 0 aromatic heterocycles. The normalized spacial score (nSPS) is 47.5. The summed E-state index contributed by atoms with van der Waals surface area (Å²) in [6.07, 6.45) is 7.24. The maximum Gasteiger partial charge on any atom is 0.220 e. The highest BCUT2D eigenvalue weighted by atomic mass is 16.3. The Bertz CT molecular complexity index is 776. The predicted molar refractivity (Wildman–Crippen MR) is 117 cm³/mol. The third-order valence-corrected chi connectivity index (χ3v) is 9.99. The number of hydrogen-bond donors (Lipinski definition) is 4. The molecule has 0 spiro atoms. The average Bonchev–Trinajstić information content (AvgIpc) is 3.33. The van der Waals surface area contributed by atoms with Crippen LogP contribution in [0.1, 0.15) is 78.1 Å². The van der Waals surface area contributed by atoms with E-state index >= 15 is 0 Å². The zero-order chi connectivity index (χ0) is 23.3.